The van der Waals surface area contributed by atoms with Gasteiger partial charge >= 0.3 is 11.8 Å². The Kier molecular flexibility index (Phi) is 5.61. The molecule has 4 heteroatoms. The topological polar surface area (TPSA) is 58.2 Å². The van der Waals surface area contributed by atoms with Gasteiger partial charge in [-0.3, -0.25) is 9.59 Å². The number of rotatable bonds is 4. The highest BCUT2D eigenvalue weighted by Gasteiger charge is 2.52. The molecule has 0 aliphatic heterocycles. The number of carbonyl (C=O) groups is 2. The fourth-order valence-corrected chi connectivity index (χ4v) is 11.5. The Labute approximate surface area is 239 Å². The quantitative estimate of drug-likeness (QED) is 0.392. The minimum atomic E-state index is -0.578. The maximum Gasteiger partial charge on any atom is 0.314 e. The Hall–Kier alpha value is -2.62. The van der Waals surface area contributed by atoms with Gasteiger partial charge in [-0.25, -0.2) is 0 Å². The summed E-state index contributed by atoms with van der Waals surface area (Å²) in [5.41, 5.74) is 6.85. The fourth-order valence-electron chi connectivity index (χ4n) is 11.5. The van der Waals surface area contributed by atoms with Crippen LogP contribution in [0.25, 0.3) is 0 Å². The van der Waals surface area contributed by atoms with Crippen LogP contribution in [0, 0.1) is 49.4 Å². The van der Waals surface area contributed by atoms with Gasteiger partial charge in [-0.15, -0.1) is 0 Å². The highest BCUT2D eigenvalue weighted by atomic mass is 16.2. The summed E-state index contributed by atoms with van der Waals surface area (Å²) >= 11 is 0. The number of carbonyl (C=O) groups excluding carboxylic acids is 2. The predicted octanol–water partition coefficient (Wildman–Crippen LogP) is 7.82. The number of hydrogen-bond acceptors (Lipinski definition) is 2. The van der Waals surface area contributed by atoms with Gasteiger partial charge < -0.3 is 10.6 Å². The van der Waals surface area contributed by atoms with E-state index in [0.29, 0.717) is 0 Å². The third kappa shape index (κ3) is 4.07. The lowest BCUT2D eigenvalue weighted by molar-refractivity contribution is -0.133. The van der Waals surface area contributed by atoms with Crippen LogP contribution in [0.4, 0.5) is 11.4 Å². The molecule has 2 aromatic carbocycles. The van der Waals surface area contributed by atoms with E-state index in [0.717, 1.165) is 58.0 Å². The van der Waals surface area contributed by atoms with E-state index >= 15 is 0 Å². The molecule has 2 N–H and O–H groups in total. The molecule has 8 aliphatic carbocycles. The van der Waals surface area contributed by atoms with E-state index in [1.807, 2.05) is 13.8 Å². The maximum absolute atomic E-state index is 13.2. The molecule has 8 aliphatic rings. The van der Waals surface area contributed by atoms with Crippen LogP contribution in [0.15, 0.2) is 36.4 Å². The Morgan fingerprint density at radius 3 is 1.15 bits per heavy atom. The average molecular weight is 537 g/mol. The van der Waals surface area contributed by atoms with Crippen molar-refractivity contribution < 1.29 is 9.59 Å². The predicted molar refractivity (Wildman–Crippen MR) is 159 cm³/mol. The lowest BCUT2D eigenvalue weighted by Gasteiger charge is -2.57. The van der Waals surface area contributed by atoms with Crippen molar-refractivity contribution in [3.63, 3.8) is 0 Å². The number of nitrogens with one attached hydrogen (secondary N) is 2. The minimum absolute atomic E-state index is 0.263. The molecule has 0 saturated heterocycles. The third-order valence-corrected chi connectivity index (χ3v) is 12.5. The summed E-state index contributed by atoms with van der Waals surface area (Å²) in [6.45, 7) is 4.05. The number of benzene rings is 2. The van der Waals surface area contributed by atoms with Crippen LogP contribution >= 0.6 is 0 Å². The van der Waals surface area contributed by atoms with Crippen LogP contribution in [0.5, 0.6) is 0 Å². The molecule has 10 rings (SSSR count). The standard InChI is InChI=1S/C36H44N2O2/c1-21-3-5-29(35-15-23-7-24(16-35)9-25(8-23)17-35)13-31(21)37-33(39)34(40)38-32-14-30(6-4-22(32)2)36-18-26-10-27(19-36)12-28(11-26)20-36/h3-6,13-14,23-28H,7-12,15-20H2,1-2H3,(H,37,39)(H,38,40). The number of amides is 2. The number of hydrogen-bond donors (Lipinski definition) is 2. The highest BCUT2D eigenvalue weighted by molar-refractivity contribution is 6.43. The van der Waals surface area contributed by atoms with Crippen molar-refractivity contribution in [1.82, 2.24) is 0 Å². The lowest BCUT2D eigenvalue weighted by atomic mass is 9.48. The van der Waals surface area contributed by atoms with Crippen LogP contribution in [0.2, 0.25) is 0 Å². The van der Waals surface area contributed by atoms with Crippen LogP contribution in [0.1, 0.15) is 99.3 Å². The Morgan fingerprint density at radius 2 is 0.850 bits per heavy atom. The van der Waals surface area contributed by atoms with Gasteiger partial charge in [0.25, 0.3) is 0 Å². The molecule has 8 saturated carbocycles. The first-order valence-corrected chi connectivity index (χ1v) is 16.1. The molecule has 0 aromatic heterocycles. The Morgan fingerprint density at radius 1 is 0.550 bits per heavy atom. The Balaban J connectivity index is 0.999. The van der Waals surface area contributed by atoms with Crippen molar-refractivity contribution in [2.75, 3.05) is 10.6 Å². The monoisotopic (exact) mass is 536 g/mol. The van der Waals surface area contributed by atoms with E-state index in [4.69, 9.17) is 0 Å². The zero-order valence-electron chi connectivity index (χ0n) is 24.2. The fraction of sp³-hybridized carbons (Fsp3) is 0.611. The van der Waals surface area contributed by atoms with Gasteiger partial charge in [-0.2, -0.15) is 0 Å². The third-order valence-electron chi connectivity index (χ3n) is 12.5. The SMILES string of the molecule is Cc1ccc(C23CC4CC(CC(C4)C2)C3)cc1NC(=O)C(=O)Nc1cc(C23CC4CC(CC(C4)C2)C3)ccc1C. The van der Waals surface area contributed by atoms with Crippen molar-refractivity contribution in [3.05, 3.63) is 58.7 Å². The maximum atomic E-state index is 13.2. The van der Waals surface area contributed by atoms with Gasteiger partial charge in [0.05, 0.1) is 0 Å². The van der Waals surface area contributed by atoms with E-state index in [1.54, 1.807) is 0 Å². The summed E-state index contributed by atoms with van der Waals surface area (Å²) in [6, 6.07) is 13.2. The van der Waals surface area contributed by atoms with Gasteiger partial charge in [0.1, 0.15) is 0 Å². The molecule has 0 unspecified atom stereocenters. The molecule has 210 valence electrons. The van der Waals surface area contributed by atoms with Gasteiger partial charge in [-0.1, -0.05) is 24.3 Å². The summed E-state index contributed by atoms with van der Waals surface area (Å²) in [7, 11) is 0. The molecule has 0 atom stereocenters. The largest absolute Gasteiger partial charge is 0.318 e. The molecule has 2 amide bonds. The first-order chi connectivity index (χ1) is 19.3. The molecule has 40 heavy (non-hydrogen) atoms. The zero-order chi connectivity index (χ0) is 27.2. The van der Waals surface area contributed by atoms with Crippen LogP contribution in [0.3, 0.4) is 0 Å². The normalized spacial score (nSPS) is 38.5. The molecule has 4 nitrogen and oxygen atoms in total. The molecule has 2 aromatic rings. The average Bonchev–Trinajstić information content (AvgIpc) is 2.89. The van der Waals surface area contributed by atoms with Gasteiger partial charge in [0.15, 0.2) is 0 Å². The molecule has 0 heterocycles. The number of anilines is 2. The van der Waals surface area contributed by atoms with Gasteiger partial charge in [-0.05, 0) is 172 Å². The molecule has 8 bridgehead atoms. The van der Waals surface area contributed by atoms with Crippen molar-refractivity contribution in [2.24, 2.45) is 35.5 Å². The number of aryl methyl sites for hydroxylation is 2. The summed E-state index contributed by atoms with van der Waals surface area (Å²) in [5, 5.41) is 5.99. The zero-order valence-corrected chi connectivity index (χ0v) is 24.2. The second kappa shape index (κ2) is 8.94. The highest BCUT2D eigenvalue weighted by Crippen LogP contribution is 2.62. The van der Waals surface area contributed by atoms with E-state index in [-0.39, 0.29) is 10.8 Å². The summed E-state index contributed by atoms with van der Waals surface area (Å²) in [5.74, 6) is 4.06. The molecular formula is C36H44N2O2. The van der Waals surface area contributed by atoms with Crippen molar-refractivity contribution in [2.45, 2.75) is 102 Å². The van der Waals surface area contributed by atoms with Gasteiger partial charge in [0.2, 0.25) is 0 Å². The van der Waals surface area contributed by atoms with Crippen molar-refractivity contribution >= 4 is 23.2 Å². The van der Waals surface area contributed by atoms with Crippen LogP contribution < -0.4 is 10.6 Å². The first-order valence-electron chi connectivity index (χ1n) is 16.1. The second-order valence-corrected chi connectivity index (χ2v) is 15.4. The van der Waals surface area contributed by atoms with Crippen LogP contribution in [-0.2, 0) is 20.4 Å². The van der Waals surface area contributed by atoms with E-state index in [2.05, 4.69) is 47.0 Å². The van der Waals surface area contributed by atoms with E-state index in [9.17, 15) is 9.59 Å². The molecule has 0 radical (unpaired) electrons. The smallest absolute Gasteiger partial charge is 0.314 e. The summed E-state index contributed by atoms with van der Waals surface area (Å²) < 4.78 is 0. The van der Waals surface area contributed by atoms with E-state index in [1.165, 1.54) is 88.2 Å². The minimum Gasteiger partial charge on any atom is -0.318 e. The van der Waals surface area contributed by atoms with Gasteiger partial charge in [0, 0.05) is 11.4 Å². The summed E-state index contributed by atoms with van der Waals surface area (Å²) in [4.78, 5) is 26.4. The molecule has 0 spiro atoms. The second-order valence-electron chi connectivity index (χ2n) is 15.4. The van der Waals surface area contributed by atoms with Crippen LogP contribution in [-0.4, -0.2) is 11.8 Å². The summed E-state index contributed by atoms with van der Waals surface area (Å²) in [6.07, 6.45) is 16.2. The molecule has 8 fully saturated rings. The van der Waals surface area contributed by atoms with E-state index < -0.39 is 11.8 Å². The lowest BCUT2D eigenvalue weighted by Crippen LogP contribution is -2.48. The first kappa shape index (κ1) is 25.1. The molecular weight excluding hydrogens is 492 g/mol. The van der Waals surface area contributed by atoms with Crippen molar-refractivity contribution in [3.8, 4) is 0 Å². The van der Waals surface area contributed by atoms with Crippen molar-refractivity contribution in [1.29, 1.82) is 0 Å². The Bertz CT molecular complexity index is 1210.